The van der Waals surface area contributed by atoms with Gasteiger partial charge in [-0.15, -0.1) is 0 Å². The van der Waals surface area contributed by atoms with Gasteiger partial charge in [0.15, 0.2) is 0 Å². The van der Waals surface area contributed by atoms with Crippen molar-refractivity contribution in [2.75, 3.05) is 7.11 Å². The molecule has 1 aromatic rings. The number of hydrogen-bond acceptors (Lipinski definition) is 3. The van der Waals surface area contributed by atoms with Crippen molar-refractivity contribution in [2.24, 2.45) is 0 Å². The molecule has 0 radical (unpaired) electrons. The molecule has 0 fully saturated rings. The predicted octanol–water partition coefficient (Wildman–Crippen LogP) is 3.65. The van der Waals surface area contributed by atoms with Crippen molar-refractivity contribution in [3.8, 4) is 5.75 Å². The van der Waals surface area contributed by atoms with E-state index in [4.69, 9.17) is 9.47 Å². The van der Waals surface area contributed by atoms with E-state index < -0.39 is 9.93 Å². The van der Waals surface area contributed by atoms with Crippen LogP contribution >= 0.6 is 15.9 Å². The maximum absolute atomic E-state index is 12.1. The first-order valence-corrected chi connectivity index (χ1v) is 6.53. The summed E-state index contributed by atoms with van der Waals surface area (Å²) in [6, 6.07) is 7.33. The van der Waals surface area contributed by atoms with Crippen LogP contribution in [0, 0.1) is 0 Å². The second kappa shape index (κ2) is 5.31. The first kappa shape index (κ1) is 15.0. The van der Waals surface area contributed by atoms with Crippen LogP contribution in [-0.4, -0.2) is 18.7 Å². The highest BCUT2D eigenvalue weighted by Gasteiger charge is 2.36. The van der Waals surface area contributed by atoms with Gasteiger partial charge in [-0.1, -0.05) is 28.1 Å². The van der Waals surface area contributed by atoms with Crippen molar-refractivity contribution in [1.82, 2.24) is 0 Å². The minimum absolute atomic E-state index is 0.305. The summed E-state index contributed by atoms with van der Waals surface area (Å²) < 4.78 is 9.63. The molecule has 0 saturated carbocycles. The molecule has 0 aromatic heterocycles. The minimum atomic E-state index is -0.855. The number of carbonyl (C=O) groups excluding carboxylic acids is 1. The average Bonchev–Trinajstić information content (AvgIpc) is 2.27. The summed E-state index contributed by atoms with van der Waals surface area (Å²) in [6.07, 6.45) is 0. The number of benzene rings is 1. The molecular weight excluding hydrogens is 296 g/mol. The molecular formula is C14H19BrO3. The van der Waals surface area contributed by atoms with E-state index in [1.807, 2.05) is 45.0 Å². The first-order chi connectivity index (χ1) is 8.16. The fourth-order valence-corrected chi connectivity index (χ4v) is 1.74. The van der Waals surface area contributed by atoms with Gasteiger partial charge in [0.05, 0.1) is 7.11 Å². The van der Waals surface area contributed by atoms with Crippen molar-refractivity contribution in [1.29, 1.82) is 0 Å². The highest BCUT2D eigenvalue weighted by molar-refractivity contribution is 9.10. The van der Waals surface area contributed by atoms with E-state index in [1.54, 1.807) is 14.0 Å². The Bertz CT molecular complexity index is 416. The average molecular weight is 315 g/mol. The second-order valence-electron chi connectivity index (χ2n) is 5.23. The fourth-order valence-electron chi connectivity index (χ4n) is 1.40. The lowest BCUT2D eigenvalue weighted by Crippen LogP contribution is -2.34. The van der Waals surface area contributed by atoms with Crippen LogP contribution < -0.4 is 4.74 Å². The molecule has 0 amide bonds. The molecule has 1 rings (SSSR count). The lowest BCUT2D eigenvalue weighted by molar-refractivity contribution is -0.157. The van der Waals surface area contributed by atoms with E-state index >= 15 is 0 Å². The Hall–Kier alpha value is -1.03. The largest absolute Gasteiger partial charge is 0.497 e. The zero-order valence-electron chi connectivity index (χ0n) is 11.4. The maximum atomic E-state index is 12.1. The summed E-state index contributed by atoms with van der Waals surface area (Å²) in [7, 11) is 1.61. The van der Waals surface area contributed by atoms with Crippen molar-refractivity contribution in [3.05, 3.63) is 29.8 Å². The monoisotopic (exact) mass is 314 g/mol. The number of alkyl halides is 1. The van der Waals surface area contributed by atoms with E-state index in [1.165, 1.54) is 0 Å². The summed E-state index contributed by atoms with van der Waals surface area (Å²) in [4.78, 5) is 12.1. The third kappa shape index (κ3) is 3.73. The molecule has 0 aliphatic carbocycles. The number of methoxy groups -OCH3 is 1. The Morgan fingerprint density at radius 2 is 1.61 bits per heavy atom. The van der Waals surface area contributed by atoms with Crippen LogP contribution in [0.1, 0.15) is 33.3 Å². The van der Waals surface area contributed by atoms with Gasteiger partial charge in [-0.05, 0) is 45.4 Å². The number of ether oxygens (including phenoxy) is 2. The van der Waals surface area contributed by atoms with Crippen LogP contribution in [0.4, 0.5) is 0 Å². The van der Waals surface area contributed by atoms with Crippen LogP contribution in [0.5, 0.6) is 5.75 Å². The minimum Gasteiger partial charge on any atom is -0.497 e. The van der Waals surface area contributed by atoms with E-state index in [9.17, 15) is 4.79 Å². The zero-order chi connectivity index (χ0) is 14.0. The summed E-state index contributed by atoms with van der Waals surface area (Å²) in [5.41, 5.74) is 0.330. The number of carbonyl (C=O) groups is 1. The molecule has 1 aromatic carbocycles. The van der Waals surface area contributed by atoms with Gasteiger partial charge in [0.2, 0.25) is 0 Å². The van der Waals surface area contributed by atoms with Crippen molar-refractivity contribution >= 4 is 21.9 Å². The molecule has 0 heterocycles. The maximum Gasteiger partial charge on any atom is 0.327 e. The SMILES string of the molecule is COc1ccc(C(C)(Br)C(=O)OC(C)(C)C)cc1. The summed E-state index contributed by atoms with van der Waals surface area (Å²) in [5, 5.41) is 0. The Morgan fingerprint density at radius 3 is 2.00 bits per heavy atom. The Balaban J connectivity index is 2.94. The van der Waals surface area contributed by atoms with Crippen molar-refractivity contribution in [3.63, 3.8) is 0 Å². The number of hydrogen-bond donors (Lipinski definition) is 0. The molecule has 0 saturated heterocycles. The predicted molar refractivity (Wildman–Crippen MR) is 75.1 cm³/mol. The zero-order valence-corrected chi connectivity index (χ0v) is 13.0. The van der Waals surface area contributed by atoms with Gasteiger partial charge in [-0.25, -0.2) is 0 Å². The fraction of sp³-hybridized carbons (Fsp3) is 0.500. The smallest absolute Gasteiger partial charge is 0.327 e. The van der Waals surface area contributed by atoms with Crippen LogP contribution in [0.25, 0.3) is 0 Å². The summed E-state index contributed by atoms with van der Waals surface area (Å²) in [6.45, 7) is 7.33. The van der Waals surface area contributed by atoms with Gasteiger partial charge in [0.1, 0.15) is 15.7 Å². The van der Waals surface area contributed by atoms with Crippen LogP contribution in [-0.2, 0) is 13.9 Å². The van der Waals surface area contributed by atoms with E-state index in [0.717, 1.165) is 11.3 Å². The lowest BCUT2D eigenvalue weighted by atomic mass is 10.0. The Labute approximate surface area is 117 Å². The molecule has 0 bridgehead atoms. The third-order valence-corrected chi connectivity index (χ3v) is 3.20. The van der Waals surface area contributed by atoms with Gasteiger partial charge >= 0.3 is 5.97 Å². The van der Waals surface area contributed by atoms with E-state index in [-0.39, 0.29) is 5.97 Å². The molecule has 1 unspecified atom stereocenters. The Kier molecular flexibility index (Phi) is 4.43. The van der Waals surface area contributed by atoms with Gasteiger partial charge in [-0.2, -0.15) is 0 Å². The number of rotatable bonds is 3. The first-order valence-electron chi connectivity index (χ1n) is 5.74. The van der Waals surface area contributed by atoms with E-state index in [0.29, 0.717) is 0 Å². The summed E-state index contributed by atoms with van der Waals surface area (Å²) >= 11 is 3.44. The second-order valence-corrected chi connectivity index (χ2v) is 6.82. The van der Waals surface area contributed by atoms with Crippen LogP contribution in [0.2, 0.25) is 0 Å². The number of halogens is 1. The van der Waals surface area contributed by atoms with Crippen molar-refractivity contribution in [2.45, 2.75) is 37.6 Å². The highest BCUT2D eigenvalue weighted by atomic mass is 79.9. The number of esters is 1. The lowest BCUT2D eigenvalue weighted by Gasteiger charge is -2.27. The topological polar surface area (TPSA) is 35.5 Å². The normalized spacial score (nSPS) is 14.8. The molecule has 100 valence electrons. The standard InChI is InChI=1S/C14H19BrO3/c1-13(2,3)18-12(16)14(4,15)10-6-8-11(17-5)9-7-10/h6-9H,1-5H3. The van der Waals surface area contributed by atoms with Gasteiger partial charge in [-0.3, -0.25) is 4.79 Å². The Morgan fingerprint density at radius 1 is 1.11 bits per heavy atom. The molecule has 4 heteroatoms. The van der Waals surface area contributed by atoms with Crippen molar-refractivity contribution < 1.29 is 14.3 Å². The summed E-state index contributed by atoms with van der Waals surface area (Å²) in [5.74, 6) is 0.450. The molecule has 0 aliphatic heterocycles. The molecule has 3 nitrogen and oxygen atoms in total. The van der Waals surface area contributed by atoms with Gasteiger partial charge in [0.25, 0.3) is 0 Å². The van der Waals surface area contributed by atoms with E-state index in [2.05, 4.69) is 15.9 Å². The molecule has 0 N–H and O–H groups in total. The third-order valence-electron chi connectivity index (χ3n) is 2.41. The molecule has 0 aliphatic rings. The quantitative estimate of drug-likeness (QED) is 0.631. The highest BCUT2D eigenvalue weighted by Crippen LogP contribution is 2.34. The molecule has 18 heavy (non-hydrogen) atoms. The molecule has 0 spiro atoms. The molecule has 1 atom stereocenters. The van der Waals surface area contributed by atoms with Crippen LogP contribution in [0.3, 0.4) is 0 Å². The van der Waals surface area contributed by atoms with Gasteiger partial charge in [0, 0.05) is 0 Å². The van der Waals surface area contributed by atoms with Crippen LogP contribution in [0.15, 0.2) is 24.3 Å². The van der Waals surface area contributed by atoms with Gasteiger partial charge < -0.3 is 9.47 Å².